The fourth-order valence-corrected chi connectivity index (χ4v) is 1.20. The van der Waals surface area contributed by atoms with Crippen LogP contribution in [0.2, 0.25) is 0 Å². The van der Waals surface area contributed by atoms with Crippen LogP contribution in [-0.4, -0.2) is 47.9 Å². The fraction of sp³-hybridized carbons (Fsp3) is 0.667. The zero-order chi connectivity index (χ0) is 12.3. The van der Waals surface area contributed by atoms with E-state index in [4.69, 9.17) is 10.6 Å². The number of methoxy groups -OCH3 is 1. The number of aromatic nitrogens is 3. The molecule has 0 aromatic carbocycles. The summed E-state index contributed by atoms with van der Waals surface area (Å²) in [6, 6.07) is 0. The number of guanidine groups is 1. The first-order chi connectivity index (χ1) is 8.36. The minimum Gasteiger partial charge on any atom is -0.385 e. The van der Waals surface area contributed by atoms with Gasteiger partial charge in [0.15, 0.2) is 0 Å². The highest BCUT2D eigenvalue weighted by atomic mass is 16.5. The monoisotopic (exact) mass is 241 g/mol. The first-order valence-electron chi connectivity index (χ1n) is 5.45. The minimum atomic E-state index is 0.570. The number of nitrogens with zero attached hydrogens (tertiary/aromatic N) is 3. The Labute approximate surface area is 100 Å². The lowest BCUT2D eigenvalue weighted by Gasteiger charge is -2.07. The summed E-state index contributed by atoms with van der Waals surface area (Å²) in [7, 11) is 1.67. The number of rotatable bonds is 7. The van der Waals surface area contributed by atoms with Gasteiger partial charge in [-0.2, -0.15) is 5.10 Å². The van der Waals surface area contributed by atoms with Crippen molar-refractivity contribution in [3.05, 3.63) is 12.2 Å². The summed E-state index contributed by atoms with van der Waals surface area (Å²) >= 11 is 0. The molecule has 96 valence electrons. The molecule has 0 spiro atoms. The predicted octanol–water partition coefficient (Wildman–Crippen LogP) is -1.21. The van der Waals surface area contributed by atoms with Gasteiger partial charge in [-0.25, -0.2) is 10.8 Å². The topological polar surface area (TPSA) is 113 Å². The van der Waals surface area contributed by atoms with Gasteiger partial charge in [0.2, 0.25) is 5.96 Å². The quantitative estimate of drug-likeness (QED) is 0.157. The third kappa shape index (κ3) is 5.83. The maximum Gasteiger partial charge on any atom is 0.205 e. The van der Waals surface area contributed by atoms with Crippen LogP contribution in [0.25, 0.3) is 0 Å². The van der Waals surface area contributed by atoms with E-state index in [0.29, 0.717) is 25.7 Å². The maximum atomic E-state index is 5.34. The van der Waals surface area contributed by atoms with E-state index >= 15 is 0 Å². The highest BCUT2D eigenvalue weighted by Crippen LogP contribution is 1.86. The fourth-order valence-electron chi connectivity index (χ4n) is 1.20. The molecule has 5 N–H and O–H groups in total. The third-order valence-corrected chi connectivity index (χ3v) is 2.03. The molecule has 17 heavy (non-hydrogen) atoms. The van der Waals surface area contributed by atoms with Crippen molar-refractivity contribution in [3.63, 3.8) is 0 Å². The minimum absolute atomic E-state index is 0.570. The lowest BCUT2D eigenvalue weighted by molar-refractivity contribution is 0.197. The van der Waals surface area contributed by atoms with E-state index in [1.54, 1.807) is 7.11 Å². The lowest BCUT2D eigenvalue weighted by Crippen LogP contribution is -2.42. The van der Waals surface area contributed by atoms with Crippen molar-refractivity contribution in [3.8, 4) is 0 Å². The Bertz CT molecular complexity index is 311. The zero-order valence-corrected chi connectivity index (χ0v) is 9.94. The first-order valence-corrected chi connectivity index (χ1v) is 5.45. The van der Waals surface area contributed by atoms with E-state index in [-0.39, 0.29) is 0 Å². The Kier molecular flexibility index (Phi) is 6.68. The number of hydrogen-bond acceptors (Lipinski definition) is 5. The average Bonchev–Trinajstić information content (AvgIpc) is 2.85. The highest BCUT2D eigenvalue weighted by Gasteiger charge is 1.98. The molecule has 8 nitrogen and oxygen atoms in total. The Balaban J connectivity index is 2.17. The summed E-state index contributed by atoms with van der Waals surface area (Å²) in [5, 5.41) is 9.61. The van der Waals surface area contributed by atoms with Gasteiger partial charge in [-0.15, -0.1) is 0 Å². The molecule has 1 aromatic rings. The van der Waals surface area contributed by atoms with Crippen molar-refractivity contribution in [2.24, 2.45) is 10.8 Å². The number of hydrazine groups is 1. The number of aromatic amines is 1. The van der Waals surface area contributed by atoms with Crippen LogP contribution >= 0.6 is 0 Å². The Morgan fingerprint density at radius 3 is 3.18 bits per heavy atom. The van der Waals surface area contributed by atoms with Crippen LogP contribution in [-0.2, 0) is 11.2 Å². The predicted molar refractivity (Wildman–Crippen MR) is 64.2 cm³/mol. The number of nitrogens with two attached hydrogens (primary N) is 1. The van der Waals surface area contributed by atoms with E-state index in [2.05, 4.69) is 30.9 Å². The van der Waals surface area contributed by atoms with Gasteiger partial charge < -0.3 is 10.1 Å². The van der Waals surface area contributed by atoms with Gasteiger partial charge in [-0.3, -0.25) is 15.5 Å². The highest BCUT2D eigenvalue weighted by molar-refractivity contribution is 5.79. The van der Waals surface area contributed by atoms with Crippen LogP contribution in [0.15, 0.2) is 11.3 Å². The molecule has 1 aromatic heterocycles. The molecule has 0 aliphatic rings. The van der Waals surface area contributed by atoms with Gasteiger partial charge in [0.25, 0.3) is 0 Å². The molecular weight excluding hydrogens is 222 g/mol. The van der Waals surface area contributed by atoms with Gasteiger partial charge in [0.05, 0.1) is 0 Å². The largest absolute Gasteiger partial charge is 0.385 e. The smallest absolute Gasteiger partial charge is 0.205 e. The van der Waals surface area contributed by atoms with E-state index < -0.39 is 0 Å². The van der Waals surface area contributed by atoms with Crippen LogP contribution in [0.4, 0.5) is 0 Å². The third-order valence-electron chi connectivity index (χ3n) is 2.03. The summed E-state index contributed by atoms with van der Waals surface area (Å²) in [5.41, 5.74) is 2.51. The van der Waals surface area contributed by atoms with Gasteiger partial charge in [0, 0.05) is 33.2 Å². The molecular formula is C9H19N7O. The number of H-pyrrole nitrogens is 1. The van der Waals surface area contributed by atoms with Crippen LogP contribution < -0.4 is 16.6 Å². The normalized spacial score (nSPS) is 11.5. The molecule has 0 unspecified atom stereocenters. The molecule has 0 fully saturated rings. The average molecular weight is 241 g/mol. The molecule has 8 heteroatoms. The molecule has 0 aliphatic heterocycles. The summed E-state index contributed by atoms with van der Waals surface area (Å²) in [4.78, 5) is 8.25. The van der Waals surface area contributed by atoms with E-state index in [0.717, 1.165) is 18.7 Å². The van der Waals surface area contributed by atoms with Crippen molar-refractivity contribution in [1.29, 1.82) is 0 Å². The second-order valence-corrected chi connectivity index (χ2v) is 3.33. The Hall–Kier alpha value is -1.67. The second kappa shape index (κ2) is 8.48. The standard InChI is InChI=1S/C9H19N7O/c1-17-6-2-4-11-9(15-10)12-5-3-8-13-7-14-16-8/h7H,2-6,10H2,1H3,(H2,11,12,15)(H,13,14,16). The number of nitrogens with one attached hydrogen (secondary N) is 3. The maximum absolute atomic E-state index is 5.34. The van der Waals surface area contributed by atoms with Crippen molar-refractivity contribution < 1.29 is 4.74 Å². The van der Waals surface area contributed by atoms with Crippen LogP contribution in [0.3, 0.4) is 0 Å². The van der Waals surface area contributed by atoms with E-state index in [9.17, 15) is 0 Å². The lowest BCUT2D eigenvalue weighted by atomic mass is 10.4. The molecule has 1 heterocycles. The van der Waals surface area contributed by atoms with Crippen LogP contribution in [0.5, 0.6) is 0 Å². The summed E-state index contributed by atoms with van der Waals surface area (Å²) in [6.07, 6.45) is 3.08. The molecule has 0 atom stereocenters. The number of aliphatic imine (C=N–C) groups is 1. The molecule has 0 amide bonds. The molecule has 0 saturated carbocycles. The van der Waals surface area contributed by atoms with Gasteiger partial charge in [-0.05, 0) is 6.42 Å². The molecule has 0 radical (unpaired) electrons. The van der Waals surface area contributed by atoms with Gasteiger partial charge in [-0.1, -0.05) is 0 Å². The number of ether oxygens (including phenoxy) is 1. The summed E-state index contributed by atoms with van der Waals surface area (Å²) in [5.74, 6) is 6.73. The molecule has 0 saturated heterocycles. The molecule has 1 rings (SSSR count). The Morgan fingerprint density at radius 2 is 2.53 bits per heavy atom. The summed E-state index contributed by atoms with van der Waals surface area (Å²) < 4.78 is 4.93. The first kappa shape index (κ1) is 13.4. The summed E-state index contributed by atoms with van der Waals surface area (Å²) in [6.45, 7) is 2.05. The van der Waals surface area contributed by atoms with Crippen LogP contribution in [0, 0.1) is 0 Å². The van der Waals surface area contributed by atoms with Crippen molar-refractivity contribution in [1.82, 2.24) is 25.9 Å². The van der Waals surface area contributed by atoms with Gasteiger partial charge >= 0.3 is 0 Å². The van der Waals surface area contributed by atoms with Crippen molar-refractivity contribution in [2.75, 3.05) is 26.8 Å². The van der Waals surface area contributed by atoms with Crippen molar-refractivity contribution >= 4 is 5.96 Å². The van der Waals surface area contributed by atoms with E-state index in [1.807, 2.05) is 0 Å². The Morgan fingerprint density at radius 1 is 1.65 bits per heavy atom. The zero-order valence-electron chi connectivity index (χ0n) is 9.94. The van der Waals surface area contributed by atoms with Crippen LogP contribution in [0.1, 0.15) is 12.2 Å². The second-order valence-electron chi connectivity index (χ2n) is 3.33. The molecule has 0 bridgehead atoms. The number of hydrogen-bond donors (Lipinski definition) is 4. The van der Waals surface area contributed by atoms with Crippen molar-refractivity contribution in [2.45, 2.75) is 12.8 Å². The van der Waals surface area contributed by atoms with E-state index in [1.165, 1.54) is 6.33 Å². The molecule has 0 aliphatic carbocycles. The van der Waals surface area contributed by atoms with Gasteiger partial charge in [0.1, 0.15) is 12.2 Å². The SMILES string of the molecule is COCCCN=C(NN)NCCc1ncn[nH]1.